The number of halogens is 2. The number of nitrogens with zero attached hydrogens (tertiary/aromatic N) is 5. The summed E-state index contributed by atoms with van der Waals surface area (Å²) in [5.74, 6) is -1.56. The van der Waals surface area contributed by atoms with Crippen molar-refractivity contribution in [2.24, 2.45) is 0 Å². The number of alkyl halides is 2. The largest absolute Gasteiger partial charge is 0.353 e. The zero-order valence-corrected chi connectivity index (χ0v) is 16.7. The molecule has 0 atom stereocenters. The van der Waals surface area contributed by atoms with Crippen molar-refractivity contribution in [3.05, 3.63) is 47.2 Å². The molecule has 3 heterocycles. The van der Waals surface area contributed by atoms with Crippen LogP contribution in [0.5, 0.6) is 0 Å². The molecular formula is C21H25F2N5O. The third kappa shape index (κ3) is 4.16. The Kier molecular flexibility index (Phi) is 5.10. The summed E-state index contributed by atoms with van der Waals surface area (Å²) in [5, 5.41) is 0. The van der Waals surface area contributed by atoms with Crippen LogP contribution in [0.2, 0.25) is 0 Å². The third-order valence-electron chi connectivity index (χ3n) is 5.55. The highest BCUT2D eigenvalue weighted by atomic mass is 19.3. The Hall–Kier alpha value is -2.77. The van der Waals surface area contributed by atoms with Gasteiger partial charge in [0.15, 0.2) is 0 Å². The maximum Gasteiger partial charge on any atom is 0.267 e. The summed E-state index contributed by atoms with van der Waals surface area (Å²) < 4.78 is 27.2. The number of aromatic nitrogens is 2. The van der Waals surface area contributed by atoms with Crippen LogP contribution in [0.4, 0.5) is 20.5 Å². The number of carbonyl (C=O) groups is 1. The smallest absolute Gasteiger partial charge is 0.267 e. The molecule has 1 aromatic heterocycles. The second-order valence-corrected chi connectivity index (χ2v) is 7.79. The van der Waals surface area contributed by atoms with Crippen molar-refractivity contribution in [2.75, 3.05) is 49.1 Å². The summed E-state index contributed by atoms with van der Waals surface area (Å²) in [6, 6.07) is 9.47. The van der Waals surface area contributed by atoms with Crippen LogP contribution in [-0.4, -0.2) is 66.0 Å². The molecule has 0 spiro atoms. The van der Waals surface area contributed by atoms with Gasteiger partial charge in [-0.05, 0) is 25.5 Å². The van der Waals surface area contributed by atoms with Gasteiger partial charge in [0, 0.05) is 56.5 Å². The molecule has 2 aliphatic heterocycles. The summed E-state index contributed by atoms with van der Waals surface area (Å²) in [5.41, 5.74) is 2.45. The standard InChI is InChI=1S/C21H25F2N5O/c1-15-5-3-4-6-17(15)19(29)27-11-9-26(10-12-27)18-13-16(2)24-20(25-18)28-8-7-21(22,23)14-28/h3-6,13H,7-12,14H2,1-2H3. The van der Waals surface area contributed by atoms with E-state index in [0.717, 1.165) is 22.6 Å². The second-order valence-electron chi connectivity index (χ2n) is 7.79. The number of rotatable bonds is 3. The van der Waals surface area contributed by atoms with E-state index in [9.17, 15) is 13.6 Å². The summed E-state index contributed by atoms with van der Waals surface area (Å²) in [7, 11) is 0. The number of piperazine rings is 1. The van der Waals surface area contributed by atoms with E-state index in [4.69, 9.17) is 0 Å². The van der Waals surface area contributed by atoms with Gasteiger partial charge in [-0.1, -0.05) is 18.2 Å². The van der Waals surface area contributed by atoms with Crippen molar-refractivity contribution < 1.29 is 13.6 Å². The minimum atomic E-state index is -2.69. The van der Waals surface area contributed by atoms with Gasteiger partial charge in [-0.25, -0.2) is 13.8 Å². The first kappa shape index (κ1) is 19.5. The van der Waals surface area contributed by atoms with E-state index in [1.165, 1.54) is 0 Å². The Labute approximate surface area is 169 Å². The summed E-state index contributed by atoms with van der Waals surface area (Å²) in [6.07, 6.45) is -0.167. The molecule has 8 heteroatoms. The molecule has 0 aliphatic carbocycles. The Balaban J connectivity index is 1.45. The fraction of sp³-hybridized carbons (Fsp3) is 0.476. The Morgan fingerprint density at radius 2 is 1.72 bits per heavy atom. The maximum absolute atomic E-state index is 13.6. The number of hydrogen-bond donors (Lipinski definition) is 0. The molecular weight excluding hydrogens is 376 g/mol. The topological polar surface area (TPSA) is 52.6 Å². The minimum Gasteiger partial charge on any atom is -0.353 e. The lowest BCUT2D eigenvalue weighted by Crippen LogP contribution is -2.49. The molecule has 6 nitrogen and oxygen atoms in total. The van der Waals surface area contributed by atoms with Gasteiger partial charge < -0.3 is 14.7 Å². The van der Waals surface area contributed by atoms with Crippen molar-refractivity contribution in [1.29, 1.82) is 0 Å². The zero-order valence-electron chi connectivity index (χ0n) is 16.7. The number of hydrogen-bond acceptors (Lipinski definition) is 5. The van der Waals surface area contributed by atoms with Gasteiger partial charge in [0.2, 0.25) is 5.95 Å². The molecule has 2 fully saturated rings. The highest BCUT2D eigenvalue weighted by Crippen LogP contribution is 2.30. The van der Waals surface area contributed by atoms with Crippen LogP contribution >= 0.6 is 0 Å². The van der Waals surface area contributed by atoms with E-state index < -0.39 is 5.92 Å². The van der Waals surface area contributed by atoms with E-state index in [-0.39, 0.29) is 25.4 Å². The fourth-order valence-electron chi connectivity index (χ4n) is 3.87. The van der Waals surface area contributed by atoms with Crippen LogP contribution in [0.3, 0.4) is 0 Å². The van der Waals surface area contributed by atoms with Gasteiger partial charge in [0.1, 0.15) is 5.82 Å². The molecule has 2 aromatic rings. The Morgan fingerprint density at radius 1 is 1.00 bits per heavy atom. The molecule has 0 saturated carbocycles. The van der Waals surface area contributed by atoms with Crippen LogP contribution in [0, 0.1) is 13.8 Å². The van der Waals surface area contributed by atoms with Crippen molar-refractivity contribution in [3.63, 3.8) is 0 Å². The van der Waals surface area contributed by atoms with Crippen LogP contribution in [0.15, 0.2) is 30.3 Å². The molecule has 2 aliphatic rings. The molecule has 0 unspecified atom stereocenters. The summed E-state index contributed by atoms with van der Waals surface area (Å²) in [4.78, 5) is 27.2. The predicted octanol–water partition coefficient (Wildman–Crippen LogP) is 2.90. The highest BCUT2D eigenvalue weighted by molar-refractivity contribution is 5.95. The number of aryl methyl sites for hydroxylation is 2. The fourth-order valence-corrected chi connectivity index (χ4v) is 3.87. The van der Waals surface area contributed by atoms with Crippen molar-refractivity contribution in [1.82, 2.24) is 14.9 Å². The molecule has 0 radical (unpaired) electrons. The molecule has 1 aromatic carbocycles. The first-order valence-corrected chi connectivity index (χ1v) is 9.91. The molecule has 0 N–H and O–H groups in total. The Morgan fingerprint density at radius 3 is 2.38 bits per heavy atom. The maximum atomic E-state index is 13.6. The number of anilines is 2. The van der Waals surface area contributed by atoms with Crippen molar-refractivity contribution in [3.8, 4) is 0 Å². The molecule has 4 rings (SSSR count). The number of carbonyl (C=O) groups excluding carboxylic acids is 1. The highest BCUT2D eigenvalue weighted by Gasteiger charge is 2.39. The van der Waals surface area contributed by atoms with E-state index in [0.29, 0.717) is 32.1 Å². The minimum absolute atomic E-state index is 0.0432. The van der Waals surface area contributed by atoms with Crippen LogP contribution in [0.25, 0.3) is 0 Å². The van der Waals surface area contributed by atoms with E-state index in [1.54, 1.807) is 4.90 Å². The average Bonchev–Trinajstić information content (AvgIpc) is 3.07. The van der Waals surface area contributed by atoms with Gasteiger partial charge in [-0.2, -0.15) is 4.98 Å². The van der Waals surface area contributed by atoms with Gasteiger partial charge in [-0.3, -0.25) is 4.79 Å². The van der Waals surface area contributed by atoms with E-state index in [2.05, 4.69) is 14.9 Å². The lowest BCUT2D eigenvalue weighted by Gasteiger charge is -2.36. The van der Waals surface area contributed by atoms with Gasteiger partial charge >= 0.3 is 0 Å². The monoisotopic (exact) mass is 401 g/mol. The normalized spacial score (nSPS) is 19.0. The molecule has 154 valence electrons. The summed E-state index contributed by atoms with van der Waals surface area (Å²) in [6.45, 7) is 6.18. The molecule has 0 bridgehead atoms. The van der Waals surface area contributed by atoms with Crippen molar-refractivity contribution >= 4 is 17.7 Å². The van der Waals surface area contributed by atoms with Crippen LogP contribution < -0.4 is 9.80 Å². The Bertz CT molecular complexity index is 912. The zero-order chi connectivity index (χ0) is 20.6. The second kappa shape index (κ2) is 7.57. The number of benzene rings is 1. The quantitative estimate of drug-likeness (QED) is 0.792. The first-order valence-electron chi connectivity index (χ1n) is 9.91. The van der Waals surface area contributed by atoms with Gasteiger partial charge in [0.25, 0.3) is 11.8 Å². The van der Waals surface area contributed by atoms with Crippen LogP contribution in [-0.2, 0) is 0 Å². The average molecular weight is 401 g/mol. The lowest BCUT2D eigenvalue weighted by atomic mass is 10.1. The molecule has 1 amide bonds. The molecule has 2 saturated heterocycles. The van der Waals surface area contributed by atoms with Crippen LogP contribution in [0.1, 0.15) is 28.0 Å². The number of amides is 1. The lowest BCUT2D eigenvalue weighted by molar-refractivity contribution is 0.0256. The molecule has 29 heavy (non-hydrogen) atoms. The predicted molar refractivity (Wildman–Crippen MR) is 108 cm³/mol. The van der Waals surface area contributed by atoms with Gasteiger partial charge in [0.05, 0.1) is 6.54 Å². The van der Waals surface area contributed by atoms with Gasteiger partial charge in [-0.15, -0.1) is 0 Å². The summed E-state index contributed by atoms with van der Waals surface area (Å²) >= 11 is 0. The van der Waals surface area contributed by atoms with E-state index >= 15 is 0 Å². The first-order chi connectivity index (χ1) is 13.8. The van der Waals surface area contributed by atoms with Crippen molar-refractivity contribution in [2.45, 2.75) is 26.2 Å². The SMILES string of the molecule is Cc1cc(N2CCN(C(=O)c3ccccc3C)CC2)nc(N2CCC(F)(F)C2)n1. The third-order valence-corrected chi connectivity index (χ3v) is 5.55. The van der Waals surface area contributed by atoms with E-state index in [1.807, 2.05) is 49.1 Å².